The van der Waals surface area contributed by atoms with Crippen LogP contribution in [0.1, 0.15) is 12.5 Å². The van der Waals surface area contributed by atoms with E-state index in [2.05, 4.69) is 20.7 Å². The molecule has 148 valence electrons. The van der Waals surface area contributed by atoms with Crippen molar-refractivity contribution >= 4 is 23.5 Å². The molecule has 0 aliphatic carbocycles. The van der Waals surface area contributed by atoms with Gasteiger partial charge in [-0.25, -0.2) is 4.68 Å². The van der Waals surface area contributed by atoms with E-state index in [-0.39, 0.29) is 18.3 Å². The van der Waals surface area contributed by atoms with Gasteiger partial charge in [0, 0.05) is 11.6 Å². The highest BCUT2D eigenvalue weighted by Gasteiger charge is 2.33. The van der Waals surface area contributed by atoms with Crippen LogP contribution in [-0.2, 0) is 9.59 Å². The molecular formula is C20H19N5O4. The van der Waals surface area contributed by atoms with Gasteiger partial charge >= 0.3 is 0 Å². The summed E-state index contributed by atoms with van der Waals surface area (Å²) in [7, 11) is 3.04. The van der Waals surface area contributed by atoms with Gasteiger partial charge in [-0.2, -0.15) is 4.98 Å². The SMILES string of the molecule is COc1ccc(OC)c(NC(=O)C2CC(=O)Nc3nc(-c4ccccc4)nn32)c1. The number of fused-ring (bicyclic) bond motifs is 1. The Morgan fingerprint density at radius 1 is 1.17 bits per heavy atom. The molecular weight excluding hydrogens is 374 g/mol. The fourth-order valence-corrected chi connectivity index (χ4v) is 3.10. The zero-order valence-electron chi connectivity index (χ0n) is 15.9. The van der Waals surface area contributed by atoms with Gasteiger partial charge < -0.3 is 14.8 Å². The highest BCUT2D eigenvalue weighted by Crippen LogP contribution is 2.31. The van der Waals surface area contributed by atoms with Crippen LogP contribution < -0.4 is 20.1 Å². The smallest absolute Gasteiger partial charge is 0.250 e. The number of aromatic nitrogens is 3. The zero-order valence-corrected chi connectivity index (χ0v) is 15.9. The molecule has 2 amide bonds. The molecule has 9 heteroatoms. The summed E-state index contributed by atoms with van der Waals surface area (Å²) >= 11 is 0. The molecule has 0 radical (unpaired) electrons. The Labute approximate surface area is 166 Å². The number of carbonyl (C=O) groups is 2. The molecule has 0 bridgehead atoms. The van der Waals surface area contributed by atoms with Gasteiger partial charge in [0.2, 0.25) is 17.8 Å². The van der Waals surface area contributed by atoms with Crippen LogP contribution in [0.15, 0.2) is 48.5 Å². The van der Waals surface area contributed by atoms with Gasteiger partial charge in [-0.1, -0.05) is 30.3 Å². The third kappa shape index (κ3) is 3.62. The van der Waals surface area contributed by atoms with Crippen molar-refractivity contribution in [3.63, 3.8) is 0 Å². The summed E-state index contributed by atoms with van der Waals surface area (Å²) in [4.78, 5) is 29.5. The van der Waals surface area contributed by atoms with E-state index >= 15 is 0 Å². The topological polar surface area (TPSA) is 107 Å². The van der Waals surface area contributed by atoms with E-state index in [9.17, 15) is 9.59 Å². The Morgan fingerprint density at radius 2 is 1.97 bits per heavy atom. The number of benzene rings is 2. The molecule has 0 fully saturated rings. The average molecular weight is 393 g/mol. The fourth-order valence-electron chi connectivity index (χ4n) is 3.10. The van der Waals surface area contributed by atoms with E-state index in [1.54, 1.807) is 18.2 Å². The summed E-state index contributed by atoms with van der Waals surface area (Å²) in [6.07, 6.45) is -0.0529. The van der Waals surface area contributed by atoms with E-state index < -0.39 is 11.9 Å². The molecule has 1 atom stereocenters. The Bertz CT molecular complexity index is 1060. The number of nitrogens with one attached hydrogen (secondary N) is 2. The molecule has 0 saturated heterocycles. The van der Waals surface area contributed by atoms with Gasteiger partial charge in [0.15, 0.2) is 5.82 Å². The third-order valence-corrected chi connectivity index (χ3v) is 4.56. The van der Waals surface area contributed by atoms with E-state index in [1.807, 2.05) is 30.3 Å². The Balaban J connectivity index is 1.65. The molecule has 0 saturated carbocycles. The van der Waals surface area contributed by atoms with Crippen LogP contribution in [0, 0.1) is 0 Å². The summed E-state index contributed by atoms with van der Waals surface area (Å²) in [5.74, 6) is 0.996. The number of amides is 2. The van der Waals surface area contributed by atoms with Crippen LogP contribution in [0.3, 0.4) is 0 Å². The molecule has 2 aromatic carbocycles. The molecule has 1 aliphatic heterocycles. The number of methoxy groups -OCH3 is 2. The molecule has 29 heavy (non-hydrogen) atoms. The molecule has 2 heterocycles. The molecule has 1 aromatic heterocycles. The molecule has 4 rings (SSSR count). The van der Waals surface area contributed by atoms with Crippen LogP contribution in [0.2, 0.25) is 0 Å². The zero-order chi connectivity index (χ0) is 20.4. The molecule has 2 N–H and O–H groups in total. The third-order valence-electron chi connectivity index (χ3n) is 4.56. The lowest BCUT2D eigenvalue weighted by Gasteiger charge is -2.23. The van der Waals surface area contributed by atoms with Gasteiger partial charge in [0.25, 0.3) is 0 Å². The second kappa shape index (κ2) is 7.63. The van der Waals surface area contributed by atoms with Crippen LogP contribution in [0.4, 0.5) is 11.6 Å². The van der Waals surface area contributed by atoms with E-state index in [0.717, 1.165) is 5.56 Å². The van der Waals surface area contributed by atoms with Crippen molar-refractivity contribution in [3.8, 4) is 22.9 Å². The maximum Gasteiger partial charge on any atom is 0.250 e. The number of rotatable bonds is 5. The summed E-state index contributed by atoms with van der Waals surface area (Å²) in [6.45, 7) is 0. The lowest BCUT2D eigenvalue weighted by Crippen LogP contribution is -2.36. The van der Waals surface area contributed by atoms with Gasteiger partial charge in [0.1, 0.15) is 17.5 Å². The molecule has 3 aromatic rings. The average Bonchev–Trinajstić information content (AvgIpc) is 3.17. The van der Waals surface area contributed by atoms with Gasteiger partial charge in [-0.15, -0.1) is 5.10 Å². The second-order valence-corrected chi connectivity index (χ2v) is 6.39. The first-order valence-corrected chi connectivity index (χ1v) is 8.93. The van der Waals surface area contributed by atoms with Crippen LogP contribution in [-0.4, -0.2) is 40.8 Å². The van der Waals surface area contributed by atoms with Crippen molar-refractivity contribution < 1.29 is 19.1 Å². The minimum atomic E-state index is -0.848. The van der Waals surface area contributed by atoms with Crippen LogP contribution in [0.25, 0.3) is 11.4 Å². The number of carbonyl (C=O) groups excluding carboxylic acids is 2. The first kappa shape index (κ1) is 18.5. The van der Waals surface area contributed by atoms with Crippen molar-refractivity contribution in [1.29, 1.82) is 0 Å². The first-order chi connectivity index (χ1) is 14.1. The van der Waals surface area contributed by atoms with Crippen molar-refractivity contribution in [2.75, 3.05) is 24.9 Å². The van der Waals surface area contributed by atoms with Crippen molar-refractivity contribution in [3.05, 3.63) is 48.5 Å². The van der Waals surface area contributed by atoms with E-state index in [1.165, 1.54) is 18.9 Å². The maximum atomic E-state index is 13.0. The summed E-state index contributed by atoms with van der Waals surface area (Å²) in [6, 6.07) is 13.6. The largest absolute Gasteiger partial charge is 0.497 e. The fraction of sp³-hybridized carbons (Fsp3) is 0.200. The normalized spacial score (nSPS) is 15.2. The predicted octanol–water partition coefficient (Wildman–Crippen LogP) is 2.48. The first-order valence-electron chi connectivity index (χ1n) is 8.93. The maximum absolute atomic E-state index is 13.0. The van der Waals surface area contributed by atoms with Gasteiger partial charge in [-0.05, 0) is 12.1 Å². The number of anilines is 2. The van der Waals surface area contributed by atoms with E-state index in [0.29, 0.717) is 23.0 Å². The number of hydrogen-bond acceptors (Lipinski definition) is 6. The van der Waals surface area contributed by atoms with Crippen LogP contribution >= 0.6 is 0 Å². The lowest BCUT2D eigenvalue weighted by molar-refractivity contribution is -0.125. The molecule has 0 spiro atoms. The second-order valence-electron chi connectivity index (χ2n) is 6.39. The summed E-state index contributed by atoms with van der Waals surface area (Å²) < 4.78 is 11.9. The van der Waals surface area contributed by atoms with Gasteiger partial charge in [0.05, 0.1) is 26.3 Å². The minimum Gasteiger partial charge on any atom is -0.497 e. The highest BCUT2D eigenvalue weighted by molar-refractivity contribution is 6.01. The van der Waals surface area contributed by atoms with Gasteiger partial charge in [-0.3, -0.25) is 14.9 Å². The van der Waals surface area contributed by atoms with Crippen molar-refractivity contribution in [2.45, 2.75) is 12.5 Å². The Kier molecular flexibility index (Phi) is 4.86. The predicted molar refractivity (Wildman–Crippen MR) is 106 cm³/mol. The Morgan fingerprint density at radius 3 is 2.69 bits per heavy atom. The number of ether oxygens (including phenoxy) is 2. The van der Waals surface area contributed by atoms with Crippen molar-refractivity contribution in [2.24, 2.45) is 0 Å². The molecule has 1 unspecified atom stereocenters. The summed E-state index contributed by atoms with van der Waals surface area (Å²) in [5.41, 5.74) is 1.23. The standard InChI is InChI=1S/C20H19N5O4/c1-28-13-8-9-16(29-2)14(10-13)21-19(27)15-11-17(26)22-20-23-18(24-25(15)20)12-6-4-3-5-7-12/h3-10,15H,11H2,1-2H3,(H,21,27)(H,22,23,24,26). The van der Waals surface area contributed by atoms with Crippen molar-refractivity contribution in [1.82, 2.24) is 14.8 Å². The summed E-state index contributed by atoms with van der Waals surface area (Å²) in [5, 5.41) is 9.92. The van der Waals surface area contributed by atoms with Crippen LogP contribution in [0.5, 0.6) is 11.5 Å². The highest BCUT2D eigenvalue weighted by atomic mass is 16.5. The quantitative estimate of drug-likeness (QED) is 0.690. The van der Waals surface area contributed by atoms with E-state index in [4.69, 9.17) is 9.47 Å². The molecule has 1 aliphatic rings. The molecule has 9 nitrogen and oxygen atoms in total. The lowest BCUT2D eigenvalue weighted by atomic mass is 10.1. The minimum absolute atomic E-state index is 0.0529. The monoisotopic (exact) mass is 393 g/mol. The number of nitrogens with zero attached hydrogens (tertiary/aromatic N) is 3. The Hall–Kier alpha value is -3.88. The number of hydrogen-bond donors (Lipinski definition) is 2.